The number of ether oxygens (including phenoxy) is 1. The lowest BCUT2D eigenvalue weighted by Crippen LogP contribution is -2.58. The van der Waals surface area contributed by atoms with Crippen LogP contribution in [0.1, 0.15) is 26.2 Å². The van der Waals surface area contributed by atoms with Crippen molar-refractivity contribution in [1.82, 2.24) is 9.80 Å². The van der Waals surface area contributed by atoms with E-state index >= 15 is 0 Å². The van der Waals surface area contributed by atoms with Gasteiger partial charge < -0.3 is 24.8 Å². The van der Waals surface area contributed by atoms with E-state index in [2.05, 4.69) is 12.2 Å². The number of carbonyl (C=O) groups excluding carboxylic acids is 3. The molecule has 0 saturated carbocycles. The summed E-state index contributed by atoms with van der Waals surface area (Å²) in [6.45, 7) is 3.07. The van der Waals surface area contributed by atoms with E-state index in [9.17, 15) is 14.4 Å². The number of carbonyl (C=O) groups is 3. The lowest BCUT2D eigenvalue weighted by Gasteiger charge is -2.39. The van der Waals surface area contributed by atoms with Crippen LogP contribution in [0.25, 0.3) is 0 Å². The molecule has 1 aromatic carbocycles. The van der Waals surface area contributed by atoms with Crippen LogP contribution < -0.4 is 15.0 Å². The van der Waals surface area contributed by atoms with Crippen LogP contribution in [-0.4, -0.2) is 67.5 Å². The Morgan fingerprint density at radius 3 is 2.78 bits per heavy atom. The molecule has 1 fully saturated rings. The Morgan fingerprint density at radius 2 is 2.04 bits per heavy atom. The van der Waals surface area contributed by atoms with Crippen molar-refractivity contribution < 1.29 is 19.1 Å². The van der Waals surface area contributed by atoms with E-state index < -0.39 is 6.04 Å². The van der Waals surface area contributed by atoms with Crippen molar-refractivity contribution in [3.8, 4) is 5.75 Å². The third kappa shape index (κ3) is 3.84. The molecule has 0 radical (unpaired) electrons. The SMILES string of the molecule is CCCCC1C(=O)N(C)CCN1C(=O)Nc1ccc2c(c1)OCC(=O)N2C. The Hall–Kier alpha value is -2.77. The van der Waals surface area contributed by atoms with E-state index in [0.717, 1.165) is 12.8 Å². The van der Waals surface area contributed by atoms with Gasteiger partial charge in [0.1, 0.15) is 11.8 Å². The number of fused-ring (bicyclic) bond motifs is 1. The number of benzene rings is 1. The molecule has 1 saturated heterocycles. The molecule has 1 unspecified atom stereocenters. The average molecular weight is 374 g/mol. The number of rotatable bonds is 4. The fraction of sp³-hybridized carbons (Fsp3) is 0.526. The maximum Gasteiger partial charge on any atom is 0.322 e. The number of amides is 4. The first-order chi connectivity index (χ1) is 12.9. The molecule has 3 rings (SSSR count). The quantitative estimate of drug-likeness (QED) is 0.873. The molecule has 8 heteroatoms. The summed E-state index contributed by atoms with van der Waals surface area (Å²) in [4.78, 5) is 41.8. The summed E-state index contributed by atoms with van der Waals surface area (Å²) in [6.07, 6.45) is 2.52. The van der Waals surface area contributed by atoms with Gasteiger partial charge in [0.2, 0.25) is 5.91 Å². The number of hydrogen-bond donors (Lipinski definition) is 1. The molecule has 2 aliphatic heterocycles. The topological polar surface area (TPSA) is 82.2 Å². The lowest BCUT2D eigenvalue weighted by atomic mass is 10.0. The van der Waals surface area contributed by atoms with Gasteiger partial charge in [-0.2, -0.15) is 0 Å². The van der Waals surface area contributed by atoms with Gasteiger partial charge in [-0.05, 0) is 18.6 Å². The van der Waals surface area contributed by atoms with Crippen LogP contribution >= 0.6 is 0 Å². The zero-order valence-corrected chi connectivity index (χ0v) is 16.0. The van der Waals surface area contributed by atoms with E-state index in [-0.39, 0.29) is 24.5 Å². The normalized spacial score (nSPS) is 19.7. The van der Waals surface area contributed by atoms with Crippen LogP contribution in [0.15, 0.2) is 18.2 Å². The Bertz CT molecular complexity index is 751. The first kappa shape index (κ1) is 19.0. The second-order valence-corrected chi connectivity index (χ2v) is 6.97. The highest BCUT2D eigenvalue weighted by atomic mass is 16.5. The number of nitrogens with one attached hydrogen (secondary N) is 1. The van der Waals surface area contributed by atoms with Crippen LogP contribution in [0, 0.1) is 0 Å². The zero-order chi connectivity index (χ0) is 19.6. The fourth-order valence-electron chi connectivity index (χ4n) is 3.38. The second kappa shape index (κ2) is 7.85. The molecule has 1 aromatic rings. The summed E-state index contributed by atoms with van der Waals surface area (Å²) in [5.74, 6) is 0.416. The molecule has 0 aromatic heterocycles. The molecule has 0 spiro atoms. The molecule has 27 heavy (non-hydrogen) atoms. The van der Waals surface area contributed by atoms with Gasteiger partial charge in [-0.15, -0.1) is 0 Å². The molecule has 2 heterocycles. The molecular weight excluding hydrogens is 348 g/mol. The number of nitrogens with zero attached hydrogens (tertiary/aromatic N) is 3. The van der Waals surface area contributed by atoms with Gasteiger partial charge in [-0.25, -0.2) is 4.79 Å². The Morgan fingerprint density at radius 1 is 1.26 bits per heavy atom. The predicted molar refractivity (Wildman–Crippen MR) is 102 cm³/mol. The zero-order valence-electron chi connectivity index (χ0n) is 16.0. The Kier molecular flexibility index (Phi) is 5.53. The summed E-state index contributed by atoms with van der Waals surface area (Å²) in [7, 11) is 3.46. The Balaban J connectivity index is 1.74. The van der Waals surface area contributed by atoms with Crippen LogP contribution in [0.5, 0.6) is 5.75 Å². The van der Waals surface area contributed by atoms with E-state index in [4.69, 9.17) is 4.74 Å². The van der Waals surface area contributed by atoms with Gasteiger partial charge >= 0.3 is 6.03 Å². The highest BCUT2D eigenvalue weighted by Gasteiger charge is 2.35. The third-order valence-corrected chi connectivity index (χ3v) is 5.10. The summed E-state index contributed by atoms with van der Waals surface area (Å²) in [5, 5.41) is 2.86. The minimum atomic E-state index is -0.429. The van der Waals surface area contributed by atoms with Crippen LogP contribution in [-0.2, 0) is 9.59 Å². The molecular formula is C19H26N4O4. The monoisotopic (exact) mass is 374 g/mol. The molecule has 4 amide bonds. The lowest BCUT2D eigenvalue weighted by molar-refractivity contribution is -0.138. The maximum absolute atomic E-state index is 12.8. The largest absolute Gasteiger partial charge is 0.481 e. The number of unbranched alkanes of at least 4 members (excludes halogenated alkanes) is 1. The first-order valence-corrected chi connectivity index (χ1v) is 9.28. The fourth-order valence-corrected chi connectivity index (χ4v) is 3.38. The minimum absolute atomic E-state index is 0.0150. The molecule has 1 atom stereocenters. The summed E-state index contributed by atoms with van der Waals surface area (Å²) in [5.41, 5.74) is 1.24. The van der Waals surface area contributed by atoms with Crippen molar-refractivity contribution >= 4 is 29.2 Å². The van der Waals surface area contributed by atoms with Crippen molar-refractivity contribution in [1.29, 1.82) is 0 Å². The summed E-state index contributed by atoms with van der Waals surface area (Å²) < 4.78 is 5.46. The summed E-state index contributed by atoms with van der Waals surface area (Å²) >= 11 is 0. The standard InChI is InChI=1S/C19H26N4O4/c1-4-5-6-15-18(25)21(2)9-10-23(15)19(26)20-13-7-8-14-16(11-13)27-12-17(24)22(14)3/h7-8,11,15H,4-6,9-10,12H2,1-3H3,(H,20,26). The smallest absolute Gasteiger partial charge is 0.322 e. The van der Waals surface area contributed by atoms with Crippen LogP contribution in [0.3, 0.4) is 0 Å². The number of hydrogen-bond acceptors (Lipinski definition) is 4. The van der Waals surface area contributed by atoms with Gasteiger partial charge in [0.25, 0.3) is 5.91 Å². The maximum atomic E-state index is 12.8. The third-order valence-electron chi connectivity index (χ3n) is 5.10. The van der Waals surface area contributed by atoms with Gasteiger partial charge in [-0.3, -0.25) is 9.59 Å². The van der Waals surface area contributed by atoms with Crippen molar-refractivity contribution in [3.63, 3.8) is 0 Å². The van der Waals surface area contributed by atoms with E-state index in [1.807, 2.05) is 0 Å². The summed E-state index contributed by atoms with van der Waals surface area (Å²) in [6, 6.07) is 4.45. The van der Waals surface area contributed by atoms with Crippen molar-refractivity contribution in [2.24, 2.45) is 0 Å². The van der Waals surface area contributed by atoms with E-state index in [1.54, 1.807) is 42.1 Å². The number of likely N-dealkylation sites (N-methyl/N-ethyl adjacent to an activating group) is 2. The molecule has 0 aliphatic carbocycles. The number of piperazine rings is 1. The highest BCUT2D eigenvalue weighted by molar-refractivity contribution is 5.99. The number of urea groups is 1. The van der Waals surface area contributed by atoms with Gasteiger partial charge in [-0.1, -0.05) is 19.8 Å². The minimum Gasteiger partial charge on any atom is -0.481 e. The molecule has 1 N–H and O–H groups in total. The van der Waals surface area contributed by atoms with Crippen molar-refractivity contribution in [3.05, 3.63) is 18.2 Å². The van der Waals surface area contributed by atoms with Crippen molar-refractivity contribution in [2.75, 3.05) is 44.0 Å². The number of anilines is 2. The predicted octanol–water partition coefficient (Wildman–Crippen LogP) is 1.91. The van der Waals surface area contributed by atoms with Crippen molar-refractivity contribution in [2.45, 2.75) is 32.2 Å². The molecule has 8 nitrogen and oxygen atoms in total. The molecule has 146 valence electrons. The highest BCUT2D eigenvalue weighted by Crippen LogP contribution is 2.33. The van der Waals surface area contributed by atoms with E-state index in [0.29, 0.717) is 36.6 Å². The second-order valence-electron chi connectivity index (χ2n) is 6.97. The van der Waals surface area contributed by atoms with Gasteiger partial charge in [0, 0.05) is 38.9 Å². The first-order valence-electron chi connectivity index (χ1n) is 9.28. The van der Waals surface area contributed by atoms with E-state index in [1.165, 1.54) is 4.90 Å². The van der Waals surface area contributed by atoms with Gasteiger partial charge in [0.15, 0.2) is 6.61 Å². The Labute approximate surface area is 159 Å². The molecule has 0 bridgehead atoms. The molecule has 2 aliphatic rings. The average Bonchev–Trinajstić information content (AvgIpc) is 2.66. The van der Waals surface area contributed by atoms with Gasteiger partial charge in [0.05, 0.1) is 5.69 Å². The van der Waals surface area contributed by atoms with Crippen LogP contribution in [0.4, 0.5) is 16.2 Å². The van der Waals surface area contributed by atoms with Crippen LogP contribution in [0.2, 0.25) is 0 Å².